The molecule has 0 spiro atoms. The van der Waals surface area contributed by atoms with Crippen molar-refractivity contribution >= 4 is 21.6 Å². The van der Waals surface area contributed by atoms with Crippen molar-refractivity contribution in [2.75, 3.05) is 11.5 Å². The lowest BCUT2D eigenvalue weighted by molar-refractivity contribution is 0.684. The molecule has 2 nitrogen and oxygen atoms in total. The van der Waals surface area contributed by atoms with Crippen molar-refractivity contribution in [3.05, 3.63) is 23.5 Å². The molecule has 0 rings (SSSR count). The van der Waals surface area contributed by atoms with Gasteiger partial charge in [0.25, 0.3) is 0 Å². The van der Waals surface area contributed by atoms with Gasteiger partial charge in [-0.25, -0.2) is 0 Å². The molecule has 0 aromatic carbocycles. The maximum Gasteiger partial charge on any atom is 0.0462 e. The highest BCUT2D eigenvalue weighted by atomic mass is 32.2. The van der Waals surface area contributed by atoms with Crippen LogP contribution in [0.25, 0.3) is 0 Å². The molecule has 64 valence electrons. The van der Waals surface area contributed by atoms with Crippen LogP contribution in [0.5, 0.6) is 0 Å². The third kappa shape index (κ3) is 6.19. The van der Waals surface area contributed by atoms with Gasteiger partial charge in [-0.2, -0.15) is 0 Å². The molecule has 2 unspecified atom stereocenters. The fourth-order valence-corrected chi connectivity index (χ4v) is 2.39. The van der Waals surface area contributed by atoms with E-state index in [2.05, 4.69) is 6.58 Å². The number of allylic oxidation sites excluding steroid dienone is 1. The highest BCUT2D eigenvalue weighted by Gasteiger charge is 1.96. The van der Waals surface area contributed by atoms with Gasteiger partial charge in [-0.1, -0.05) is 12.7 Å². The second-order valence-corrected chi connectivity index (χ2v) is 4.75. The summed E-state index contributed by atoms with van der Waals surface area (Å²) in [4.78, 5) is 0. The Hall–Kier alpha value is -0.220. The Morgan fingerprint density at radius 3 is 2.27 bits per heavy atom. The van der Waals surface area contributed by atoms with Crippen molar-refractivity contribution in [1.82, 2.24) is 0 Å². The van der Waals surface area contributed by atoms with Crippen LogP contribution in [0.4, 0.5) is 0 Å². The van der Waals surface area contributed by atoms with E-state index in [9.17, 15) is 8.42 Å². The van der Waals surface area contributed by atoms with Gasteiger partial charge in [-0.05, 0) is 17.7 Å². The first-order chi connectivity index (χ1) is 5.20. The molecule has 11 heavy (non-hydrogen) atoms. The quantitative estimate of drug-likeness (QED) is 0.655. The summed E-state index contributed by atoms with van der Waals surface area (Å²) in [6, 6.07) is 0. The summed E-state index contributed by atoms with van der Waals surface area (Å²) >= 11 is 0. The molecule has 0 saturated heterocycles. The number of rotatable bonds is 5. The van der Waals surface area contributed by atoms with Crippen LogP contribution in [0.2, 0.25) is 0 Å². The van der Waals surface area contributed by atoms with Gasteiger partial charge in [0.2, 0.25) is 0 Å². The molecule has 0 aromatic heterocycles. The summed E-state index contributed by atoms with van der Waals surface area (Å²) in [7, 11) is -1.98. The van der Waals surface area contributed by atoms with Crippen molar-refractivity contribution in [3.63, 3.8) is 0 Å². The third-order valence-corrected chi connectivity index (χ3v) is 3.38. The summed E-state index contributed by atoms with van der Waals surface area (Å²) in [5, 5.41) is 2.97. The molecule has 0 heterocycles. The van der Waals surface area contributed by atoms with Crippen LogP contribution in [0.15, 0.2) is 23.5 Å². The van der Waals surface area contributed by atoms with E-state index in [4.69, 9.17) is 0 Å². The molecule has 0 aliphatic carbocycles. The highest BCUT2D eigenvalue weighted by molar-refractivity contribution is 7.91. The van der Waals surface area contributed by atoms with Crippen LogP contribution in [0, 0.1) is 0 Å². The Morgan fingerprint density at radius 1 is 1.27 bits per heavy atom. The number of hydrogen-bond acceptors (Lipinski definition) is 2. The fraction of sp³-hybridized carbons (Fsp3) is 0.429. The molecule has 0 fully saturated rings. The van der Waals surface area contributed by atoms with Crippen molar-refractivity contribution < 1.29 is 8.42 Å². The molecule has 0 saturated carbocycles. The van der Waals surface area contributed by atoms with Gasteiger partial charge < -0.3 is 0 Å². The van der Waals surface area contributed by atoms with E-state index >= 15 is 0 Å². The van der Waals surface area contributed by atoms with Crippen LogP contribution in [-0.2, 0) is 21.6 Å². The van der Waals surface area contributed by atoms with E-state index in [-0.39, 0.29) is 0 Å². The van der Waals surface area contributed by atoms with Crippen LogP contribution in [0.3, 0.4) is 0 Å². The average Bonchev–Trinajstić information content (AvgIpc) is 2.01. The smallest absolute Gasteiger partial charge is 0.0462 e. The van der Waals surface area contributed by atoms with E-state index in [0.717, 1.165) is 0 Å². The van der Waals surface area contributed by atoms with Crippen molar-refractivity contribution in [2.45, 2.75) is 6.92 Å². The predicted octanol–water partition coefficient (Wildman–Crippen LogP) is 1.16. The Morgan fingerprint density at radius 2 is 1.82 bits per heavy atom. The Kier molecular flexibility index (Phi) is 6.36. The van der Waals surface area contributed by atoms with E-state index in [1.165, 1.54) is 5.41 Å². The lowest BCUT2D eigenvalue weighted by Crippen LogP contribution is -2.03. The lowest BCUT2D eigenvalue weighted by Gasteiger charge is -1.92. The number of hydrogen-bond donors (Lipinski definition) is 0. The first kappa shape index (κ1) is 10.8. The molecule has 2 atom stereocenters. The van der Waals surface area contributed by atoms with Crippen LogP contribution < -0.4 is 0 Å². The zero-order chi connectivity index (χ0) is 8.69. The monoisotopic (exact) mass is 192 g/mol. The molecule has 0 N–H and O–H groups in total. The van der Waals surface area contributed by atoms with Gasteiger partial charge in [0.1, 0.15) is 0 Å². The van der Waals surface area contributed by atoms with Gasteiger partial charge in [-0.3, -0.25) is 8.42 Å². The largest absolute Gasteiger partial charge is 0.255 e. The molecule has 0 aliphatic heterocycles. The first-order valence-corrected chi connectivity index (χ1v) is 5.97. The average molecular weight is 192 g/mol. The summed E-state index contributed by atoms with van der Waals surface area (Å²) in [5.74, 6) is 0.878. The maximum absolute atomic E-state index is 10.9. The summed E-state index contributed by atoms with van der Waals surface area (Å²) < 4.78 is 21.7. The topological polar surface area (TPSA) is 34.1 Å². The lowest BCUT2D eigenvalue weighted by atomic mass is 10.8. The third-order valence-electron chi connectivity index (χ3n) is 0.959. The molecular formula is C7H12O2S2. The molecular weight excluding hydrogens is 180 g/mol. The Labute approximate surface area is 72.3 Å². The molecule has 0 amide bonds. The molecule has 0 radical (unpaired) electrons. The summed E-state index contributed by atoms with van der Waals surface area (Å²) in [5.41, 5.74) is 0. The van der Waals surface area contributed by atoms with Gasteiger partial charge in [0.05, 0.1) is 0 Å². The van der Waals surface area contributed by atoms with Crippen molar-refractivity contribution in [2.24, 2.45) is 0 Å². The summed E-state index contributed by atoms with van der Waals surface area (Å²) in [6.45, 7) is 5.18. The van der Waals surface area contributed by atoms with E-state index in [1.54, 1.807) is 11.5 Å². The second-order valence-electron chi connectivity index (χ2n) is 1.81. The Bertz CT molecular complexity index is 197. The van der Waals surface area contributed by atoms with E-state index in [0.29, 0.717) is 11.5 Å². The first-order valence-electron chi connectivity index (χ1n) is 3.20. The Balaban J connectivity index is 3.62. The molecule has 0 aliphatic rings. The van der Waals surface area contributed by atoms with E-state index < -0.39 is 21.6 Å². The second kappa shape index (κ2) is 6.49. The van der Waals surface area contributed by atoms with Crippen molar-refractivity contribution in [1.29, 1.82) is 0 Å². The van der Waals surface area contributed by atoms with Crippen LogP contribution >= 0.6 is 0 Å². The van der Waals surface area contributed by atoms with Gasteiger partial charge in [0, 0.05) is 33.1 Å². The summed E-state index contributed by atoms with van der Waals surface area (Å²) in [6.07, 6.45) is 1.73. The molecule has 0 aromatic rings. The van der Waals surface area contributed by atoms with Crippen LogP contribution in [0.1, 0.15) is 6.92 Å². The van der Waals surface area contributed by atoms with Gasteiger partial charge in [0.15, 0.2) is 0 Å². The van der Waals surface area contributed by atoms with E-state index in [1.807, 2.05) is 6.92 Å². The predicted molar refractivity (Wildman–Crippen MR) is 51.0 cm³/mol. The minimum absolute atomic E-state index is 0.431. The normalized spacial score (nSPS) is 16.5. The zero-order valence-electron chi connectivity index (χ0n) is 6.49. The molecule has 4 heteroatoms. The minimum atomic E-state index is -1.01. The highest BCUT2D eigenvalue weighted by Crippen LogP contribution is 1.89. The molecule has 0 bridgehead atoms. The standard InChI is InChI=1S/C7H12O2S2/c1-3-5-11(9)7-6-10(8)4-2/h3-5H,2,6-7H2,1H3. The minimum Gasteiger partial charge on any atom is -0.255 e. The van der Waals surface area contributed by atoms with Crippen molar-refractivity contribution in [3.8, 4) is 0 Å². The van der Waals surface area contributed by atoms with Gasteiger partial charge >= 0.3 is 0 Å². The van der Waals surface area contributed by atoms with Gasteiger partial charge in [-0.15, -0.1) is 0 Å². The fourth-order valence-electron chi connectivity index (χ4n) is 0.467. The zero-order valence-corrected chi connectivity index (χ0v) is 8.12. The maximum atomic E-state index is 10.9. The SMILES string of the molecule is C=CS(=O)CCS(=O)C=CC. The van der Waals surface area contributed by atoms with Crippen LogP contribution in [-0.4, -0.2) is 19.9 Å².